The van der Waals surface area contributed by atoms with Crippen LogP contribution in [0.25, 0.3) is 10.9 Å². The number of nitrogens with two attached hydrogens (primary N) is 1. The van der Waals surface area contributed by atoms with Gasteiger partial charge in [-0.3, -0.25) is 0 Å². The van der Waals surface area contributed by atoms with Crippen LogP contribution in [0.15, 0.2) is 24.4 Å². The van der Waals surface area contributed by atoms with E-state index < -0.39 is 6.10 Å². The maximum Gasteiger partial charge on any atom is 0.120 e. The molecule has 0 amide bonds. The number of aliphatic hydroxyl groups is 1. The molecular formula is C11H14N2O2. The molecule has 0 aliphatic rings. The van der Waals surface area contributed by atoms with Gasteiger partial charge in [0, 0.05) is 35.3 Å². The number of methoxy groups -OCH3 is 1. The van der Waals surface area contributed by atoms with Gasteiger partial charge >= 0.3 is 0 Å². The third-order valence-electron chi connectivity index (χ3n) is 2.50. The van der Waals surface area contributed by atoms with E-state index in [0.717, 1.165) is 22.2 Å². The average Bonchev–Trinajstić information content (AvgIpc) is 2.70. The van der Waals surface area contributed by atoms with E-state index in [4.69, 9.17) is 10.5 Å². The second kappa shape index (κ2) is 3.92. The summed E-state index contributed by atoms with van der Waals surface area (Å²) in [5.74, 6) is 0.790. The zero-order valence-corrected chi connectivity index (χ0v) is 8.53. The molecule has 4 N–H and O–H groups in total. The Kier molecular flexibility index (Phi) is 2.62. The van der Waals surface area contributed by atoms with Crippen molar-refractivity contribution in [2.45, 2.75) is 6.10 Å². The van der Waals surface area contributed by atoms with Crippen LogP contribution in [0.4, 0.5) is 0 Å². The van der Waals surface area contributed by atoms with Crippen molar-refractivity contribution in [3.8, 4) is 5.75 Å². The van der Waals surface area contributed by atoms with Gasteiger partial charge in [-0.1, -0.05) is 0 Å². The van der Waals surface area contributed by atoms with Gasteiger partial charge in [0.1, 0.15) is 5.75 Å². The molecule has 4 heteroatoms. The Morgan fingerprint density at radius 1 is 1.53 bits per heavy atom. The Morgan fingerprint density at radius 3 is 3.00 bits per heavy atom. The molecule has 0 bridgehead atoms. The third-order valence-corrected chi connectivity index (χ3v) is 2.50. The minimum atomic E-state index is -0.618. The van der Waals surface area contributed by atoms with Crippen LogP contribution in [0.1, 0.15) is 11.7 Å². The maximum atomic E-state index is 9.67. The summed E-state index contributed by atoms with van der Waals surface area (Å²) in [6.07, 6.45) is 1.16. The molecule has 2 rings (SSSR count). The van der Waals surface area contributed by atoms with Gasteiger partial charge in [-0.25, -0.2) is 0 Å². The zero-order valence-electron chi connectivity index (χ0n) is 8.53. The van der Waals surface area contributed by atoms with Crippen molar-refractivity contribution >= 4 is 10.9 Å². The number of hydrogen-bond acceptors (Lipinski definition) is 3. The summed E-state index contributed by atoms with van der Waals surface area (Å²) in [6, 6.07) is 5.67. The van der Waals surface area contributed by atoms with E-state index in [1.54, 1.807) is 13.3 Å². The highest BCUT2D eigenvalue weighted by atomic mass is 16.5. The fourth-order valence-electron chi connectivity index (χ4n) is 1.66. The van der Waals surface area contributed by atoms with E-state index in [1.165, 1.54) is 0 Å². The summed E-state index contributed by atoms with van der Waals surface area (Å²) in [5, 5.41) is 10.6. The van der Waals surface area contributed by atoms with Crippen LogP contribution >= 0.6 is 0 Å². The van der Waals surface area contributed by atoms with Crippen LogP contribution in [-0.2, 0) is 0 Å². The molecule has 0 radical (unpaired) electrons. The smallest absolute Gasteiger partial charge is 0.120 e. The summed E-state index contributed by atoms with van der Waals surface area (Å²) in [5.41, 5.74) is 7.19. The number of hydrogen-bond donors (Lipinski definition) is 3. The number of rotatable bonds is 3. The molecule has 1 unspecified atom stereocenters. The molecule has 1 atom stereocenters. The fraction of sp³-hybridized carbons (Fsp3) is 0.273. The molecule has 4 nitrogen and oxygen atoms in total. The van der Waals surface area contributed by atoms with Gasteiger partial charge in [-0.2, -0.15) is 0 Å². The molecule has 1 aromatic heterocycles. The first-order chi connectivity index (χ1) is 7.26. The minimum Gasteiger partial charge on any atom is -0.497 e. The minimum absolute atomic E-state index is 0.221. The summed E-state index contributed by atoms with van der Waals surface area (Å²) in [6.45, 7) is 0.221. The number of aliphatic hydroxyl groups excluding tert-OH is 1. The second-order valence-electron chi connectivity index (χ2n) is 3.41. The predicted molar refractivity (Wildman–Crippen MR) is 58.9 cm³/mol. The molecule has 80 valence electrons. The molecule has 0 fully saturated rings. The summed E-state index contributed by atoms with van der Waals surface area (Å²) in [4.78, 5) is 3.08. The van der Waals surface area contributed by atoms with Crippen LogP contribution in [-0.4, -0.2) is 23.7 Å². The van der Waals surface area contributed by atoms with Crippen LogP contribution in [0.2, 0.25) is 0 Å². The molecule has 2 aromatic rings. The molecule has 0 saturated carbocycles. The van der Waals surface area contributed by atoms with Crippen LogP contribution in [0.5, 0.6) is 5.75 Å². The monoisotopic (exact) mass is 206 g/mol. The van der Waals surface area contributed by atoms with Gasteiger partial charge in [0.25, 0.3) is 0 Å². The first-order valence-electron chi connectivity index (χ1n) is 4.79. The summed E-state index contributed by atoms with van der Waals surface area (Å²) in [7, 11) is 1.62. The molecule has 0 aliphatic heterocycles. The molecular weight excluding hydrogens is 192 g/mol. The van der Waals surface area contributed by atoms with Crippen molar-refractivity contribution in [2.75, 3.05) is 13.7 Å². The van der Waals surface area contributed by atoms with Gasteiger partial charge in [0.15, 0.2) is 0 Å². The number of nitrogens with one attached hydrogen (secondary N) is 1. The summed E-state index contributed by atoms with van der Waals surface area (Å²) >= 11 is 0. The van der Waals surface area contributed by atoms with Gasteiger partial charge in [-0.15, -0.1) is 0 Å². The number of aromatic nitrogens is 1. The Balaban J connectivity index is 2.52. The number of benzene rings is 1. The van der Waals surface area contributed by atoms with Crippen molar-refractivity contribution in [3.05, 3.63) is 30.0 Å². The van der Waals surface area contributed by atoms with Gasteiger partial charge in [0.2, 0.25) is 0 Å². The molecule has 1 aromatic carbocycles. The highest BCUT2D eigenvalue weighted by Crippen LogP contribution is 2.26. The van der Waals surface area contributed by atoms with Gasteiger partial charge < -0.3 is 20.6 Å². The van der Waals surface area contributed by atoms with Crippen molar-refractivity contribution in [1.82, 2.24) is 4.98 Å². The second-order valence-corrected chi connectivity index (χ2v) is 3.41. The predicted octanol–water partition coefficient (Wildman–Crippen LogP) is 1.17. The highest BCUT2D eigenvalue weighted by molar-refractivity contribution is 5.84. The molecule has 1 heterocycles. The normalized spacial score (nSPS) is 13.0. The van der Waals surface area contributed by atoms with E-state index in [2.05, 4.69) is 4.98 Å². The Morgan fingerprint density at radius 2 is 2.33 bits per heavy atom. The SMILES string of the molecule is COc1ccc2c(C(O)CN)c[nH]c2c1. The van der Waals surface area contributed by atoms with Crippen molar-refractivity contribution in [1.29, 1.82) is 0 Å². The summed E-state index contributed by atoms with van der Waals surface area (Å²) < 4.78 is 5.11. The lowest BCUT2D eigenvalue weighted by Gasteiger charge is -2.05. The van der Waals surface area contributed by atoms with E-state index in [0.29, 0.717) is 0 Å². The number of fused-ring (bicyclic) bond motifs is 1. The van der Waals surface area contributed by atoms with Crippen molar-refractivity contribution < 1.29 is 9.84 Å². The Labute approximate surface area is 87.7 Å². The molecule has 0 aliphatic carbocycles. The van der Waals surface area contributed by atoms with E-state index in [-0.39, 0.29) is 6.54 Å². The largest absolute Gasteiger partial charge is 0.497 e. The molecule has 0 spiro atoms. The fourth-order valence-corrected chi connectivity index (χ4v) is 1.66. The molecule has 15 heavy (non-hydrogen) atoms. The number of aromatic amines is 1. The first kappa shape index (κ1) is 10.0. The van der Waals surface area contributed by atoms with Crippen LogP contribution < -0.4 is 10.5 Å². The maximum absolute atomic E-state index is 9.67. The average molecular weight is 206 g/mol. The lowest BCUT2D eigenvalue weighted by molar-refractivity contribution is 0.188. The van der Waals surface area contributed by atoms with Crippen molar-refractivity contribution in [2.24, 2.45) is 5.73 Å². The Bertz CT molecular complexity index is 465. The zero-order chi connectivity index (χ0) is 10.8. The van der Waals surface area contributed by atoms with Crippen LogP contribution in [0, 0.1) is 0 Å². The quantitative estimate of drug-likeness (QED) is 0.706. The topological polar surface area (TPSA) is 71.3 Å². The lowest BCUT2D eigenvalue weighted by Crippen LogP contribution is -2.10. The number of H-pyrrole nitrogens is 1. The van der Waals surface area contributed by atoms with E-state index >= 15 is 0 Å². The van der Waals surface area contributed by atoms with Gasteiger partial charge in [-0.05, 0) is 12.1 Å². The van der Waals surface area contributed by atoms with Crippen LogP contribution in [0.3, 0.4) is 0 Å². The Hall–Kier alpha value is -1.52. The highest BCUT2D eigenvalue weighted by Gasteiger charge is 2.11. The number of ether oxygens (including phenoxy) is 1. The van der Waals surface area contributed by atoms with E-state index in [1.807, 2.05) is 18.2 Å². The van der Waals surface area contributed by atoms with Gasteiger partial charge in [0.05, 0.1) is 13.2 Å². The van der Waals surface area contributed by atoms with Crippen molar-refractivity contribution in [3.63, 3.8) is 0 Å². The first-order valence-corrected chi connectivity index (χ1v) is 4.79. The lowest BCUT2D eigenvalue weighted by atomic mass is 10.1. The standard InChI is InChI=1S/C11H14N2O2/c1-15-7-2-3-8-9(11(14)5-12)6-13-10(8)4-7/h2-4,6,11,13-14H,5,12H2,1H3. The van der Waals surface area contributed by atoms with E-state index in [9.17, 15) is 5.11 Å². The third kappa shape index (κ3) is 1.69. The molecule has 0 saturated heterocycles.